The molecule has 7 nitrogen and oxygen atoms in total. The van der Waals surface area contributed by atoms with Crippen molar-refractivity contribution in [3.8, 4) is 0 Å². The molecule has 4 heterocycles. The summed E-state index contributed by atoms with van der Waals surface area (Å²) in [7, 11) is -2.99. The van der Waals surface area contributed by atoms with E-state index in [4.69, 9.17) is 0 Å². The van der Waals surface area contributed by atoms with Gasteiger partial charge in [-0.25, -0.2) is 13.4 Å². The Balaban J connectivity index is 1.24. The number of piperazine rings is 1. The summed E-state index contributed by atoms with van der Waals surface area (Å²) in [5.74, 6) is 0.942. The fourth-order valence-electron chi connectivity index (χ4n) is 3.97. The Hall–Kier alpha value is -1.67. The number of anilines is 1. The highest BCUT2D eigenvalue weighted by molar-refractivity contribution is 7.91. The van der Waals surface area contributed by atoms with Crippen LogP contribution in [0.25, 0.3) is 0 Å². The fourth-order valence-corrected chi connectivity index (χ4v) is 5.70. The zero-order valence-corrected chi connectivity index (χ0v) is 15.1. The van der Waals surface area contributed by atoms with Crippen LogP contribution < -0.4 is 4.90 Å². The van der Waals surface area contributed by atoms with Crippen LogP contribution in [0.1, 0.15) is 6.42 Å². The fraction of sp³-hybridized carbons (Fsp3) is 0.647. The van der Waals surface area contributed by atoms with Crippen molar-refractivity contribution in [2.45, 2.75) is 12.5 Å². The van der Waals surface area contributed by atoms with Crippen molar-refractivity contribution in [2.24, 2.45) is 5.92 Å². The van der Waals surface area contributed by atoms with Gasteiger partial charge >= 0.3 is 0 Å². The lowest BCUT2D eigenvalue weighted by Gasteiger charge is -2.48. The molecule has 4 rings (SSSR count). The topological polar surface area (TPSA) is 73.8 Å². The first-order valence-corrected chi connectivity index (χ1v) is 10.7. The van der Waals surface area contributed by atoms with Crippen LogP contribution >= 0.6 is 0 Å². The van der Waals surface area contributed by atoms with E-state index in [1.165, 1.54) is 0 Å². The van der Waals surface area contributed by atoms with Gasteiger partial charge in [-0.2, -0.15) is 0 Å². The number of likely N-dealkylation sites (tertiary alicyclic amines) is 1. The molecular formula is C17H24N4O3S. The average molecular weight is 364 g/mol. The Morgan fingerprint density at radius 2 is 1.88 bits per heavy atom. The van der Waals surface area contributed by atoms with Gasteiger partial charge in [-0.05, 0) is 18.6 Å². The number of sulfone groups is 1. The van der Waals surface area contributed by atoms with Gasteiger partial charge in [0.2, 0.25) is 5.91 Å². The third kappa shape index (κ3) is 3.50. The number of pyridine rings is 1. The van der Waals surface area contributed by atoms with E-state index >= 15 is 0 Å². The molecule has 8 heteroatoms. The standard InChI is InChI=1S/C17H24N4O3S/c22-17(14-4-10-25(23,24)13-14)21-11-15(12-21)19-6-8-20(9-7-19)16-3-1-2-5-18-16/h1-3,5,14-15H,4,6-13H2. The zero-order valence-electron chi connectivity index (χ0n) is 14.2. The van der Waals surface area contributed by atoms with Crippen molar-refractivity contribution in [2.75, 3.05) is 55.7 Å². The molecule has 3 fully saturated rings. The van der Waals surface area contributed by atoms with E-state index in [-0.39, 0.29) is 23.3 Å². The molecule has 1 unspecified atom stereocenters. The Morgan fingerprint density at radius 1 is 1.12 bits per heavy atom. The summed E-state index contributed by atoms with van der Waals surface area (Å²) < 4.78 is 23.1. The smallest absolute Gasteiger partial charge is 0.226 e. The van der Waals surface area contributed by atoms with Crippen LogP contribution in [0.5, 0.6) is 0 Å². The van der Waals surface area contributed by atoms with Gasteiger partial charge in [0, 0.05) is 51.5 Å². The van der Waals surface area contributed by atoms with Gasteiger partial charge in [0.25, 0.3) is 0 Å². The number of carbonyl (C=O) groups is 1. The average Bonchev–Trinajstić information content (AvgIpc) is 2.95. The lowest BCUT2D eigenvalue weighted by atomic mass is 10.0. The number of rotatable bonds is 3. The lowest BCUT2D eigenvalue weighted by molar-refractivity contribution is -0.142. The van der Waals surface area contributed by atoms with Gasteiger partial charge in [-0.1, -0.05) is 6.07 Å². The van der Waals surface area contributed by atoms with E-state index in [1.807, 2.05) is 29.3 Å². The Labute approximate surface area is 148 Å². The number of amides is 1. The molecule has 3 saturated heterocycles. The van der Waals surface area contributed by atoms with Crippen LogP contribution in [0.3, 0.4) is 0 Å². The van der Waals surface area contributed by atoms with Crippen LogP contribution in [0.2, 0.25) is 0 Å². The number of hydrogen-bond acceptors (Lipinski definition) is 6. The maximum absolute atomic E-state index is 12.4. The first-order valence-electron chi connectivity index (χ1n) is 8.91. The van der Waals surface area contributed by atoms with Gasteiger partial charge in [-0.15, -0.1) is 0 Å². The molecule has 3 aliphatic rings. The highest BCUT2D eigenvalue weighted by Gasteiger charge is 2.41. The first kappa shape index (κ1) is 16.8. The van der Waals surface area contributed by atoms with E-state index in [9.17, 15) is 13.2 Å². The Morgan fingerprint density at radius 3 is 2.48 bits per heavy atom. The first-order chi connectivity index (χ1) is 12.0. The maximum atomic E-state index is 12.4. The summed E-state index contributed by atoms with van der Waals surface area (Å²) in [5.41, 5.74) is 0. The predicted molar refractivity (Wildman–Crippen MR) is 95.2 cm³/mol. The molecule has 1 atom stereocenters. The molecule has 1 aromatic heterocycles. The monoisotopic (exact) mass is 364 g/mol. The van der Waals surface area contributed by atoms with Crippen LogP contribution in [0.15, 0.2) is 24.4 Å². The third-order valence-corrected chi connectivity index (χ3v) is 7.33. The second-order valence-corrected chi connectivity index (χ2v) is 9.44. The zero-order chi connectivity index (χ0) is 17.4. The summed E-state index contributed by atoms with van der Waals surface area (Å²) in [6.07, 6.45) is 2.31. The number of aromatic nitrogens is 1. The molecule has 0 aromatic carbocycles. The maximum Gasteiger partial charge on any atom is 0.226 e. The van der Waals surface area contributed by atoms with Gasteiger partial charge < -0.3 is 9.80 Å². The summed E-state index contributed by atoms with van der Waals surface area (Å²) in [5, 5.41) is 0. The molecule has 0 bridgehead atoms. The molecule has 1 amide bonds. The highest BCUT2D eigenvalue weighted by atomic mass is 32.2. The van der Waals surface area contributed by atoms with E-state index in [0.29, 0.717) is 12.5 Å². The van der Waals surface area contributed by atoms with E-state index < -0.39 is 9.84 Å². The van der Waals surface area contributed by atoms with Crippen molar-refractivity contribution in [3.63, 3.8) is 0 Å². The van der Waals surface area contributed by atoms with E-state index in [0.717, 1.165) is 45.1 Å². The molecular weight excluding hydrogens is 340 g/mol. The van der Waals surface area contributed by atoms with Crippen LogP contribution in [-0.4, -0.2) is 85.9 Å². The molecule has 0 spiro atoms. The van der Waals surface area contributed by atoms with Crippen LogP contribution in [0, 0.1) is 5.92 Å². The van der Waals surface area contributed by atoms with Crippen LogP contribution in [0.4, 0.5) is 5.82 Å². The summed E-state index contributed by atoms with van der Waals surface area (Å²) in [4.78, 5) is 23.4. The van der Waals surface area contributed by atoms with Crippen molar-refractivity contribution in [1.29, 1.82) is 0 Å². The largest absolute Gasteiger partial charge is 0.354 e. The third-order valence-electron chi connectivity index (χ3n) is 5.56. The lowest BCUT2D eigenvalue weighted by Crippen LogP contribution is -2.65. The number of carbonyl (C=O) groups excluding carboxylic acids is 1. The Kier molecular flexibility index (Phi) is 4.41. The molecule has 0 saturated carbocycles. The van der Waals surface area contributed by atoms with Gasteiger partial charge in [0.05, 0.1) is 17.4 Å². The quantitative estimate of drug-likeness (QED) is 0.743. The molecule has 3 aliphatic heterocycles. The number of hydrogen-bond donors (Lipinski definition) is 0. The second kappa shape index (κ2) is 6.57. The van der Waals surface area contributed by atoms with Crippen LogP contribution in [-0.2, 0) is 14.6 Å². The van der Waals surface area contributed by atoms with E-state index in [2.05, 4.69) is 14.8 Å². The van der Waals surface area contributed by atoms with Crippen molar-refractivity contribution in [3.05, 3.63) is 24.4 Å². The molecule has 0 aliphatic carbocycles. The Bertz CT molecular complexity index is 726. The second-order valence-electron chi connectivity index (χ2n) is 7.21. The normalized spacial score (nSPS) is 27.3. The minimum absolute atomic E-state index is 0.0319. The number of nitrogens with zero attached hydrogens (tertiary/aromatic N) is 4. The van der Waals surface area contributed by atoms with E-state index in [1.54, 1.807) is 0 Å². The molecule has 0 radical (unpaired) electrons. The van der Waals surface area contributed by atoms with Crippen molar-refractivity contribution >= 4 is 21.6 Å². The highest BCUT2D eigenvalue weighted by Crippen LogP contribution is 2.25. The van der Waals surface area contributed by atoms with Gasteiger partial charge in [0.1, 0.15) is 5.82 Å². The van der Waals surface area contributed by atoms with Crippen molar-refractivity contribution < 1.29 is 13.2 Å². The molecule has 0 N–H and O–H groups in total. The molecule has 136 valence electrons. The van der Waals surface area contributed by atoms with Gasteiger partial charge in [0.15, 0.2) is 9.84 Å². The summed E-state index contributed by atoms with van der Waals surface area (Å²) in [6, 6.07) is 6.38. The molecule has 25 heavy (non-hydrogen) atoms. The summed E-state index contributed by atoms with van der Waals surface area (Å²) in [6.45, 7) is 5.31. The molecule has 1 aromatic rings. The van der Waals surface area contributed by atoms with Crippen molar-refractivity contribution in [1.82, 2.24) is 14.8 Å². The minimum Gasteiger partial charge on any atom is -0.354 e. The van der Waals surface area contributed by atoms with Gasteiger partial charge in [-0.3, -0.25) is 9.69 Å². The summed E-state index contributed by atoms with van der Waals surface area (Å²) >= 11 is 0. The SMILES string of the molecule is O=C(C1CCS(=O)(=O)C1)N1CC(N2CCN(c3ccccn3)CC2)C1. The predicted octanol–water partition coefficient (Wildman–Crippen LogP) is -0.151. The minimum atomic E-state index is -2.99.